The van der Waals surface area contributed by atoms with Gasteiger partial charge in [0, 0.05) is 6.07 Å². The Bertz CT molecular complexity index is 591. The largest absolute Gasteiger partial charge is 0.502 e. The molecule has 7 heteroatoms. The molecule has 90 valence electrons. The van der Waals surface area contributed by atoms with Crippen LogP contribution in [-0.4, -0.2) is 10.1 Å². The topological polar surface area (TPSA) is 89.3 Å². The van der Waals surface area contributed by atoms with E-state index < -0.39 is 5.43 Å². The van der Waals surface area contributed by atoms with Crippen LogP contribution in [0.2, 0.25) is 0 Å². The maximum absolute atomic E-state index is 11.2. The molecule has 0 bridgehead atoms. The number of hydrogen-bond donors (Lipinski definition) is 2. The number of hydrogen-bond acceptors (Lipinski definition) is 7. The molecule has 5 nitrogen and oxygen atoms in total. The van der Waals surface area contributed by atoms with Gasteiger partial charge in [-0.15, -0.1) is 11.8 Å². The summed E-state index contributed by atoms with van der Waals surface area (Å²) >= 11 is 2.90. The highest BCUT2D eigenvalue weighted by Crippen LogP contribution is 2.32. The number of aromatic hydroxyl groups is 1. The van der Waals surface area contributed by atoms with Gasteiger partial charge in [0.1, 0.15) is 12.0 Å². The maximum atomic E-state index is 11.2. The number of nitrogen functional groups attached to an aromatic ring is 1. The molecule has 0 aliphatic carbocycles. The lowest BCUT2D eigenvalue weighted by atomic mass is 10.4. The minimum Gasteiger partial charge on any atom is -0.502 e. The van der Waals surface area contributed by atoms with Crippen LogP contribution in [0.3, 0.4) is 0 Å². The Morgan fingerprint density at radius 2 is 2.41 bits per heavy atom. The second kappa shape index (κ2) is 4.80. The summed E-state index contributed by atoms with van der Waals surface area (Å²) in [5, 5.41) is 9.56. The molecule has 0 atom stereocenters. The summed E-state index contributed by atoms with van der Waals surface area (Å²) in [7, 11) is 0. The molecule has 2 aromatic heterocycles. The lowest BCUT2D eigenvalue weighted by Gasteiger charge is -1.99. The number of aromatic nitrogens is 1. The first-order valence-electron chi connectivity index (χ1n) is 4.72. The summed E-state index contributed by atoms with van der Waals surface area (Å²) in [6.45, 7) is 1.88. The Balaban J connectivity index is 2.10. The summed E-state index contributed by atoms with van der Waals surface area (Å²) in [5.74, 6) is 0.624. The second-order valence-corrected chi connectivity index (χ2v) is 5.58. The third-order valence-electron chi connectivity index (χ3n) is 1.98. The molecule has 2 rings (SSSR count). The van der Waals surface area contributed by atoms with E-state index in [1.54, 1.807) is 0 Å². The molecular weight excluding hydrogens is 260 g/mol. The summed E-state index contributed by atoms with van der Waals surface area (Å²) in [6, 6.07) is 1.28. The van der Waals surface area contributed by atoms with Crippen molar-refractivity contribution in [3.05, 3.63) is 34.0 Å². The molecule has 0 spiro atoms. The molecule has 0 radical (unpaired) electrons. The van der Waals surface area contributed by atoms with Crippen molar-refractivity contribution in [1.82, 2.24) is 4.98 Å². The molecule has 0 amide bonds. The molecule has 2 heterocycles. The van der Waals surface area contributed by atoms with Crippen LogP contribution in [-0.2, 0) is 5.75 Å². The van der Waals surface area contributed by atoms with Crippen molar-refractivity contribution < 1.29 is 9.52 Å². The van der Waals surface area contributed by atoms with E-state index in [1.165, 1.54) is 29.2 Å². The summed E-state index contributed by atoms with van der Waals surface area (Å²) < 4.78 is 6.09. The summed E-state index contributed by atoms with van der Waals surface area (Å²) in [6.07, 6.45) is 1.05. The Labute approximate surface area is 105 Å². The Hall–Kier alpha value is -1.47. The van der Waals surface area contributed by atoms with Gasteiger partial charge in [0.25, 0.3) is 0 Å². The van der Waals surface area contributed by atoms with Crippen molar-refractivity contribution in [1.29, 1.82) is 0 Å². The normalized spacial score (nSPS) is 10.6. The standard InChI is InChI=1S/C10H10N2O3S2/c1-5-9(17-10(11)12-5)16-4-6-2-7(13)8(14)3-15-6/h2-3,14H,4H2,1H3,(H2,11,12). The van der Waals surface area contributed by atoms with E-state index in [0.717, 1.165) is 16.2 Å². The number of nitrogens with zero attached hydrogens (tertiary/aromatic N) is 1. The van der Waals surface area contributed by atoms with Gasteiger partial charge in [-0.3, -0.25) is 4.79 Å². The van der Waals surface area contributed by atoms with Crippen LogP contribution in [0.1, 0.15) is 11.5 Å². The average Bonchev–Trinajstić information content (AvgIpc) is 2.59. The van der Waals surface area contributed by atoms with Gasteiger partial charge < -0.3 is 15.3 Å². The van der Waals surface area contributed by atoms with Gasteiger partial charge in [-0.2, -0.15) is 0 Å². The molecular formula is C10H10N2O3S2. The van der Waals surface area contributed by atoms with E-state index >= 15 is 0 Å². The van der Waals surface area contributed by atoms with Crippen LogP contribution in [0.5, 0.6) is 5.75 Å². The molecule has 0 aliphatic rings. The van der Waals surface area contributed by atoms with E-state index in [-0.39, 0.29) is 5.75 Å². The van der Waals surface area contributed by atoms with E-state index in [9.17, 15) is 4.79 Å². The first kappa shape index (κ1) is 12.0. The first-order valence-corrected chi connectivity index (χ1v) is 6.53. The molecule has 17 heavy (non-hydrogen) atoms. The summed E-state index contributed by atoms with van der Waals surface area (Å²) in [5.41, 5.74) is 6.02. The van der Waals surface area contributed by atoms with Gasteiger partial charge in [-0.1, -0.05) is 11.3 Å². The zero-order valence-corrected chi connectivity index (χ0v) is 10.6. The van der Waals surface area contributed by atoms with Crippen molar-refractivity contribution in [3.8, 4) is 5.75 Å². The SMILES string of the molecule is Cc1nc(N)sc1SCc1cc(=O)c(O)co1. The molecule has 0 fully saturated rings. The molecule has 0 saturated carbocycles. The van der Waals surface area contributed by atoms with Crippen LogP contribution in [0, 0.1) is 6.92 Å². The van der Waals surface area contributed by atoms with Gasteiger partial charge in [0.15, 0.2) is 10.9 Å². The van der Waals surface area contributed by atoms with Crippen molar-refractivity contribution in [3.63, 3.8) is 0 Å². The quantitative estimate of drug-likeness (QED) is 0.829. The van der Waals surface area contributed by atoms with Gasteiger partial charge in [0.05, 0.1) is 15.7 Å². The van der Waals surface area contributed by atoms with Crippen LogP contribution in [0.4, 0.5) is 5.13 Å². The van der Waals surface area contributed by atoms with Crippen LogP contribution >= 0.6 is 23.1 Å². The molecule has 0 unspecified atom stereocenters. The van der Waals surface area contributed by atoms with Gasteiger partial charge >= 0.3 is 0 Å². The third kappa shape index (κ3) is 2.80. The van der Waals surface area contributed by atoms with Gasteiger partial charge in [-0.05, 0) is 6.92 Å². The number of anilines is 1. The average molecular weight is 270 g/mol. The third-order valence-corrected chi connectivity index (χ3v) is 4.35. The lowest BCUT2D eigenvalue weighted by molar-refractivity contribution is 0.419. The Morgan fingerprint density at radius 1 is 1.65 bits per heavy atom. The number of aryl methyl sites for hydroxylation is 1. The Morgan fingerprint density at radius 3 is 3.00 bits per heavy atom. The van der Waals surface area contributed by atoms with Crippen LogP contribution in [0.15, 0.2) is 25.8 Å². The molecule has 3 N–H and O–H groups in total. The molecule has 0 aliphatic heterocycles. The smallest absolute Gasteiger partial charge is 0.226 e. The molecule has 0 saturated heterocycles. The fourth-order valence-corrected chi connectivity index (χ4v) is 3.11. The monoisotopic (exact) mass is 270 g/mol. The van der Waals surface area contributed by atoms with Crippen LogP contribution in [0.25, 0.3) is 0 Å². The van der Waals surface area contributed by atoms with Crippen LogP contribution < -0.4 is 11.2 Å². The number of nitrogens with two attached hydrogens (primary N) is 1. The van der Waals surface area contributed by atoms with Crippen molar-refractivity contribution >= 4 is 28.2 Å². The molecule has 0 aromatic carbocycles. The minimum atomic E-state index is -0.438. The number of thioether (sulfide) groups is 1. The second-order valence-electron chi connectivity index (χ2n) is 3.31. The lowest BCUT2D eigenvalue weighted by Crippen LogP contribution is -1.98. The Kier molecular flexibility index (Phi) is 3.39. The maximum Gasteiger partial charge on any atom is 0.226 e. The highest BCUT2D eigenvalue weighted by Gasteiger charge is 2.08. The zero-order chi connectivity index (χ0) is 12.4. The zero-order valence-electron chi connectivity index (χ0n) is 8.97. The fraction of sp³-hybridized carbons (Fsp3) is 0.200. The predicted octanol–water partition coefficient (Wildman–Crippen LogP) is 1.98. The molecule has 2 aromatic rings. The van der Waals surface area contributed by atoms with E-state index in [0.29, 0.717) is 16.6 Å². The minimum absolute atomic E-state index is 0.378. The fourth-order valence-electron chi connectivity index (χ4n) is 1.19. The highest BCUT2D eigenvalue weighted by molar-refractivity contribution is 8.00. The predicted molar refractivity (Wildman–Crippen MR) is 67.5 cm³/mol. The van der Waals surface area contributed by atoms with Crippen molar-refractivity contribution in [2.24, 2.45) is 0 Å². The number of rotatable bonds is 3. The van der Waals surface area contributed by atoms with Crippen molar-refractivity contribution in [2.45, 2.75) is 16.9 Å². The van der Waals surface area contributed by atoms with Crippen molar-refractivity contribution in [2.75, 3.05) is 5.73 Å². The van der Waals surface area contributed by atoms with E-state index in [1.807, 2.05) is 6.92 Å². The van der Waals surface area contributed by atoms with Gasteiger partial charge in [-0.25, -0.2) is 4.98 Å². The van der Waals surface area contributed by atoms with Gasteiger partial charge in [0.2, 0.25) is 5.43 Å². The first-order chi connectivity index (χ1) is 8.06. The highest BCUT2D eigenvalue weighted by atomic mass is 32.2. The van der Waals surface area contributed by atoms with E-state index in [4.69, 9.17) is 15.3 Å². The van der Waals surface area contributed by atoms with E-state index in [2.05, 4.69) is 4.98 Å². The summed E-state index contributed by atoms with van der Waals surface area (Å²) in [4.78, 5) is 15.3. The number of thiazole rings is 1.